The molecule has 3 aromatic rings. The zero-order valence-corrected chi connectivity index (χ0v) is 16.6. The van der Waals surface area contributed by atoms with Gasteiger partial charge in [-0.3, -0.25) is 5.10 Å². The largest absolute Gasteiger partial charge is 0.258 e. The number of benzene rings is 2. The summed E-state index contributed by atoms with van der Waals surface area (Å²) in [6, 6.07) is 14.2. The second kappa shape index (κ2) is 7.79. The number of halogens is 1. The molecule has 0 unspecified atom stereocenters. The summed E-state index contributed by atoms with van der Waals surface area (Å²) in [6.45, 7) is 0. The summed E-state index contributed by atoms with van der Waals surface area (Å²) in [5.74, 6) is 1.22. The third-order valence-corrected chi connectivity index (χ3v) is 6.61. The van der Waals surface area contributed by atoms with Gasteiger partial charge in [0.15, 0.2) is 5.82 Å². The van der Waals surface area contributed by atoms with Crippen LogP contribution in [0.4, 0.5) is 0 Å². The number of H-pyrrole nitrogens is 1. The predicted molar refractivity (Wildman–Crippen MR) is 104 cm³/mol. The summed E-state index contributed by atoms with van der Waals surface area (Å²) in [5, 5.41) is 8.35. The molecule has 1 aromatic heterocycles. The smallest absolute Gasteiger partial charge is 0.242 e. The molecule has 1 N–H and O–H groups in total. The van der Waals surface area contributed by atoms with Gasteiger partial charge in [0.1, 0.15) is 0 Å². The molecular formula is C17H17ClN4O2S2. The second-order valence-corrected chi connectivity index (χ2v) is 9.23. The fourth-order valence-electron chi connectivity index (χ4n) is 2.20. The monoisotopic (exact) mass is 408 g/mol. The zero-order chi connectivity index (χ0) is 18.7. The van der Waals surface area contributed by atoms with Gasteiger partial charge in [-0.05, 0) is 42.0 Å². The minimum absolute atomic E-state index is 0.275. The van der Waals surface area contributed by atoms with Crippen LogP contribution in [0.5, 0.6) is 0 Å². The Labute approximate surface area is 161 Å². The molecule has 0 aliphatic rings. The number of hydrogen-bond acceptors (Lipinski definition) is 5. The van der Waals surface area contributed by atoms with Gasteiger partial charge < -0.3 is 0 Å². The average molecular weight is 409 g/mol. The van der Waals surface area contributed by atoms with Crippen molar-refractivity contribution in [1.82, 2.24) is 19.5 Å². The quantitative estimate of drug-likeness (QED) is 0.629. The van der Waals surface area contributed by atoms with Gasteiger partial charge in [0, 0.05) is 30.4 Å². The predicted octanol–water partition coefficient (Wildman–Crippen LogP) is 3.67. The Morgan fingerprint density at radius 2 is 1.88 bits per heavy atom. The van der Waals surface area contributed by atoms with Crippen molar-refractivity contribution < 1.29 is 8.42 Å². The number of thioether (sulfide) groups is 1. The highest BCUT2D eigenvalue weighted by atomic mass is 35.5. The molecule has 0 spiro atoms. The normalized spacial score (nSPS) is 11.8. The van der Waals surface area contributed by atoms with E-state index in [0.29, 0.717) is 21.8 Å². The van der Waals surface area contributed by atoms with Gasteiger partial charge in [-0.15, -0.1) is 5.10 Å². The second-order valence-electron chi connectivity index (χ2n) is 5.70. The molecule has 0 bridgehead atoms. The molecule has 0 radical (unpaired) electrons. The first-order valence-corrected chi connectivity index (χ1v) is 10.5. The van der Waals surface area contributed by atoms with E-state index in [-0.39, 0.29) is 4.90 Å². The van der Waals surface area contributed by atoms with Crippen LogP contribution in [0.15, 0.2) is 58.6 Å². The third kappa shape index (κ3) is 4.27. The van der Waals surface area contributed by atoms with Crippen LogP contribution in [0, 0.1) is 0 Å². The van der Waals surface area contributed by atoms with Gasteiger partial charge in [-0.25, -0.2) is 17.7 Å². The zero-order valence-electron chi connectivity index (χ0n) is 14.2. The number of sulfonamides is 1. The lowest BCUT2D eigenvalue weighted by Gasteiger charge is -2.12. The molecule has 0 atom stereocenters. The Morgan fingerprint density at radius 1 is 1.15 bits per heavy atom. The maximum Gasteiger partial charge on any atom is 0.242 e. The fraction of sp³-hybridized carbons (Fsp3) is 0.176. The van der Waals surface area contributed by atoms with Gasteiger partial charge in [0.25, 0.3) is 0 Å². The highest BCUT2D eigenvalue weighted by Crippen LogP contribution is 2.24. The fourth-order valence-corrected chi connectivity index (χ4v) is 4.04. The summed E-state index contributed by atoms with van der Waals surface area (Å²) in [7, 11) is -0.409. The van der Waals surface area contributed by atoms with Crippen LogP contribution in [0.1, 0.15) is 5.56 Å². The van der Waals surface area contributed by atoms with Crippen molar-refractivity contribution in [3.63, 3.8) is 0 Å². The van der Waals surface area contributed by atoms with Crippen LogP contribution in [-0.2, 0) is 15.8 Å². The lowest BCUT2D eigenvalue weighted by Crippen LogP contribution is -2.22. The van der Waals surface area contributed by atoms with Gasteiger partial charge in [0.2, 0.25) is 15.2 Å². The Morgan fingerprint density at radius 3 is 2.58 bits per heavy atom. The van der Waals surface area contributed by atoms with Crippen molar-refractivity contribution in [1.29, 1.82) is 0 Å². The summed E-state index contributed by atoms with van der Waals surface area (Å²) >= 11 is 7.32. The van der Waals surface area contributed by atoms with E-state index in [1.807, 2.05) is 18.2 Å². The minimum Gasteiger partial charge on any atom is -0.258 e. The molecule has 0 aliphatic heterocycles. The average Bonchev–Trinajstić information content (AvgIpc) is 3.10. The van der Waals surface area contributed by atoms with Crippen LogP contribution >= 0.6 is 23.4 Å². The molecule has 3 rings (SSSR count). The molecule has 1 heterocycles. The maximum atomic E-state index is 12.2. The van der Waals surface area contributed by atoms with Gasteiger partial charge in [-0.2, -0.15) is 0 Å². The Balaban J connectivity index is 1.71. The third-order valence-electron chi connectivity index (χ3n) is 3.63. The molecule has 26 heavy (non-hydrogen) atoms. The molecule has 0 saturated heterocycles. The van der Waals surface area contributed by atoms with E-state index in [1.165, 1.54) is 30.2 Å². The van der Waals surface area contributed by atoms with Crippen molar-refractivity contribution in [3.05, 3.63) is 59.1 Å². The van der Waals surface area contributed by atoms with E-state index >= 15 is 0 Å². The Bertz CT molecular complexity index is 1000. The van der Waals surface area contributed by atoms with Crippen molar-refractivity contribution in [2.75, 3.05) is 14.1 Å². The summed E-state index contributed by atoms with van der Waals surface area (Å²) in [6.07, 6.45) is 0. The Hall–Kier alpha value is -1.87. The molecular weight excluding hydrogens is 392 g/mol. The number of aromatic amines is 1. The highest BCUT2D eigenvalue weighted by Gasteiger charge is 2.17. The summed E-state index contributed by atoms with van der Waals surface area (Å²) < 4.78 is 25.6. The molecule has 0 amide bonds. The molecule has 9 heteroatoms. The van der Waals surface area contributed by atoms with E-state index in [4.69, 9.17) is 11.6 Å². The van der Waals surface area contributed by atoms with Crippen molar-refractivity contribution in [2.45, 2.75) is 15.8 Å². The van der Waals surface area contributed by atoms with Gasteiger partial charge in [-0.1, -0.05) is 35.5 Å². The van der Waals surface area contributed by atoms with Crippen LogP contribution in [0.25, 0.3) is 11.4 Å². The standard InChI is InChI=1S/C17H17ClN4O2S2/c1-22(2)26(23,24)15-5-3-4-12(10-15)11-25-17-19-16(20-21-17)13-6-8-14(18)9-7-13/h3-10H,11H2,1-2H3,(H,19,20,21). The lowest BCUT2D eigenvalue weighted by atomic mass is 10.2. The van der Waals surface area contributed by atoms with E-state index in [9.17, 15) is 8.42 Å². The number of rotatable bonds is 6. The molecule has 2 aromatic carbocycles. The molecule has 0 aliphatic carbocycles. The van der Waals surface area contributed by atoms with E-state index in [2.05, 4.69) is 15.2 Å². The van der Waals surface area contributed by atoms with E-state index in [0.717, 1.165) is 11.1 Å². The first-order chi connectivity index (χ1) is 12.4. The highest BCUT2D eigenvalue weighted by molar-refractivity contribution is 7.98. The van der Waals surface area contributed by atoms with Crippen molar-refractivity contribution in [2.24, 2.45) is 0 Å². The first-order valence-electron chi connectivity index (χ1n) is 7.69. The van der Waals surface area contributed by atoms with Crippen LogP contribution in [-0.4, -0.2) is 42.0 Å². The van der Waals surface area contributed by atoms with Crippen molar-refractivity contribution in [3.8, 4) is 11.4 Å². The number of nitrogens with one attached hydrogen (secondary N) is 1. The Kier molecular flexibility index (Phi) is 5.67. The molecule has 0 saturated carbocycles. The van der Waals surface area contributed by atoms with Crippen LogP contribution in [0.2, 0.25) is 5.02 Å². The maximum absolute atomic E-state index is 12.2. The molecule has 136 valence electrons. The van der Waals surface area contributed by atoms with Crippen LogP contribution in [0.3, 0.4) is 0 Å². The van der Waals surface area contributed by atoms with Crippen LogP contribution < -0.4 is 0 Å². The van der Waals surface area contributed by atoms with E-state index in [1.54, 1.807) is 30.3 Å². The SMILES string of the molecule is CN(C)S(=O)(=O)c1cccc(CSc2n[nH]c(-c3ccc(Cl)cc3)n2)c1. The number of nitrogens with zero attached hydrogens (tertiary/aromatic N) is 3. The van der Waals surface area contributed by atoms with Gasteiger partial charge >= 0.3 is 0 Å². The lowest BCUT2D eigenvalue weighted by molar-refractivity contribution is 0.520. The molecule has 6 nitrogen and oxygen atoms in total. The minimum atomic E-state index is -3.44. The van der Waals surface area contributed by atoms with Gasteiger partial charge in [0.05, 0.1) is 4.90 Å². The molecule has 0 fully saturated rings. The summed E-state index contributed by atoms with van der Waals surface area (Å²) in [4.78, 5) is 4.73. The van der Waals surface area contributed by atoms with Crippen molar-refractivity contribution >= 4 is 33.4 Å². The summed E-state index contributed by atoms with van der Waals surface area (Å²) in [5.41, 5.74) is 1.78. The first kappa shape index (κ1) is 18.9. The van der Waals surface area contributed by atoms with E-state index < -0.39 is 10.0 Å². The topological polar surface area (TPSA) is 79.0 Å². The number of aromatic nitrogens is 3. The number of hydrogen-bond donors (Lipinski definition) is 1.